The molecular formula is C5H4F3I3O5S. The van der Waals surface area contributed by atoms with Gasteiger partial charge < -0.3 is 4.74 Å². The molecule has 0 aliphatic heterocycles. The smallest absolute Gasteiger partial charge is 0.426 e. The van der Waals surface area contributed by atoms with Crippen molar-refractivity contribution in [2.45, 2.75) is 11.7 Å². The van der Waals surface area contributed by atoms with Crippen molar-refractivity contribution < 1.29 is 35.7 Å². The van der Waals surface area contributed by atoms with Gasteiger partial charge >= 0.3 is 12.1 Å². The number of rotatable bonds is 4. The number of carbonyl (C=O) groups is 1. The lowest BCUT2D eigenvalue weighted by Gasteiger charge is -2.21. The lowest BCUT2D eigenvalue weighted by molar-refractivity contribution is -0.213. The summed E-state index contributed by atoms with van der Waals surface area (Å²) in [6, 6.07) is 0. The summed E-state index contributed by atoms with van der Waals surface area (Å²) in [6.07, 6.45) is -7.95. The molecule has 17 heavy (non-hydrogen) atoms. The molecule has 5 nitrogen and oxygen atoms in total. The predicted molar refractivity (Wildman–Crippen MR) is 77.1 cm³/mol. The monoisotopic (exact) mass is 614 g/mol. The van der Waals surface area contributed by atoms with Crippen LogP contribution >= 0.6 is 67.8 Å². The van der Waals surface area contributed by atoms with Crippen LogP contribution in [-0.2, 0) is 19.6 Å². The largest absolute Gasteiger partial charge is 0.449 e. The van der Waals surface area contributed by atoms with Crippen LogP contribution < -0.4 is 0 Å². The van der Waals surface area contributed by atoms with Crippen LogP contribution in [0.15, 0.2) is 0 Å². The van der Waals surface area contributed by atoms with Gasteiger partial charge in [-0.2, -0.15) is 21.6 Å². The van der Waals surface area contributed by atoms with Crippen LogP contribution in [0.5, 0.6) is 0 Å². The van der Waals surface area contributed by atoms with Gasteiger partial charge in [-0.1, -0.05) is 0 Å². The van der Waals surface area contributed by atoms with Crippen LogP contribution in [0.3, 0.4) is 0 Å². The molecule has 0 saturated heterocycles. The fraction of sp³-hybridized carbons (Fsp3) is 0.800. The van der Waals surface area contributed by atoms with Crippen LogP contribution in [0.2, 0.25) is 0 Å². The second kappa shape index (κ2) is 6.21. The first-order valence-electron chi connectivity index (χ1n) is 3.53. The average Bonchev–Trinajstić information content (AvgIpc) is 1.96. The quantitative estimate of drug-likeness (QED) is 0.228. The van der Waals surface area contributed by atoms with E-state index < -0.39 is 33.6 Å². The minimum atomic E-state index is -5.07. The molecule has 0 fully saturated rings. The van der Waals surface area contributed by atoms with Crippen LogP contribution in [0.1, 0.15) is 0 Å². The molecule has 0 rings (SSSR count). The Kier molecular flexibility index (Phi) is 6.70. The molecule has 0 amide bonds. The van der Waals surface area contributed by atoms with Crippen molar-refractivity contribution in [2.24, 2.45) is 0 Å². The Morgan fingerprint density at radius 3 is 1.94 bits per heavy atom. The topological polar surface area (TPSA) is 80.7 Å². The third-order valence-electron chi connectivity index (χ3n) is 1.21. The maximum absolute atomic E-state index is 12.3. The normalized spacial score (nSPS) is 15.5. The van der Waals surface area contributed by atoms with E-state index in [-0.39, 0.29) is 0 Å². The molecule has 0 aliphatic carbocycles. The van der Waals surface area contributed by atoms with Gasteiger partial charge in [0.15, 0.2) is 0 Å². The van der Waals surface area contributed by atoms with Gasteiger partial charge in [0.25, 0.3) is 10.1 Å². The average molecular weight is 614 g/mol. The first kappa shape index (κ1) is 18.4. The van der Waals surface area contributed by atoms with E-state index in [1.54, 1.807) is 0 Å². The molecule has 0 spiro atoms. The number of alkyl halides is 6. The number of halogens is 6. The standard InChI is InChI=1S/C5H4F3I3O5S/c6-4(7,8)2(1-17(13,14)15)16-3(12)5(9,10)11/h2H,1H2,(H,13,14,15). The number of hydrogen-bond donors (Lipinski definition) is 1. The Labute approximate surface area is 135 Å². The van der Waals surface area contributed by atoms with Crippen molar-refractivity contribution in [3.63, 3.8) is 0 Å². The summed E-state index contributed by atoms with van der Waals surface area (Å²) in [5, 5.41) is 0. The third kappa shape index (κ3) is 8.19. The van der Waals surface area contributed by atoms with Gasteiger partial charge in [0.05, 0.1) is 0 Å². The second-order valence-corrected chi connectivity index (χ2v) is 15.2. The van der Waals surface area contributed by atoms with Gasteiger partial charge in [0.2, 0.25) is 5.54 Å². The lowest BCUT2D eigenvalue weighted by Crippen LogP contribution is -2.41. The number of carbonyl (C=O) groups excluding carboxylic acids is 1. The van der Waals surface area contributed by atoms with Crippen molar-refractivity contribution in [1.29, 1.82) is 0 Å². The van der Waals surface area contributed by atoms with Crippen LogP contribution in [-0.4, -0.2) is 36.4 Å². The minimum Gasteiger partial charge on any atom is -0.449 e. The van der Waals surface area contributed by atoms with Gasteiger partial charge in [-0.05, 0) is 67.8 Å². The van der Waals surface area contributed by atoms with Crippen LogP contribution in [0.4, 0.5) is 13.2 Å². The van der Waals surface area contributed by atoms with E-state index in [0.717, 1.165) is 0 Å². The predicted octanol–water partition coefficient (Wildman–Crippen LogP) is 2.31. The molecule has 1 unspecified atom stereocenters. The highest BCUT2D eigenvalue weighted by molar-refractivity contribution is 14.3. The zero-order valence-corrected chi connectivity index (χ0v) is 14.8. The summed E-state index contributed by atoms with van der Waals surface area (Å²) in [4.78, 5) is 11.2. The van der Waals surface area contributed by atoms with Gasteiger partial charge in [0.1, 0.15) is 5.75 Å². The first-order chi connectivity index (χ1) is 7.23. The Balaban J connectivity index is 4.94. The molecule has 102 valence electrons. The molecule has 0 saturated carbocycles. The van der Waals surface area contributed by atoms with Crippen molar-refractivity contribution in [1.82, 2.24) is 0 Å². The van der Waals surface area contributed by atoms with Crippen molar-refractivity contribution >= 4 is 83.9 Å². The maximum Gasteiger partial charge on any atom is 0.426 e. The molecule has 0 aromatic carbocycles. The SMILES string of the molecule is O=C(OC(CS(=O)(=O)O)C(F)(F)F)C(I)(I)I. The Morgan fingerprint density at radius 1 is 1.29 bits per heavy atom. The Hall–Kier alpha value is 1.36. The summed E-state index contributed by atoms with van der Waals surface area (Å²) in [7, 11) is -4.90. The Bertz CT molecular complexity index is 387. The van der Waals surface area contributed by atoms with E-state index in [0.29, 0.717) is 0 Å². The molecule has 0 aliphatic rings. The van der Waals surface area contributed by atoms with Gasteiger partial charge in [-0.15, -0.1) is 0 Å². The minimum absolute atomic E-state index is 1.25. The van der Waals surface area contributed by atoms with Crippen molar-refractivity contribution in [3.05, 3.63) is 0 Å². The maximum atomic E-state index is 12.3. The molecule has 1 N–H and O–H groups in total. The molecule has 0 aromatic heterocycles. The molecule has 0 bridgehead atoms. The first-order valence-corrected chi connectivity index (χ1v) is 8.37. The van der Waals surface area contributed by atoms with E-state index in [4.69, 9.17) is 4.55 Å². The van der Waals surface area contributed by atoms with E-state index in [9.17, 15) is 26.4 Å². The summed E-state index contributed by atoms with van der Waals surface area (Å²) in [5.74, 6) is -2.97. The fourth-order valence-electron chi connectivity index (χ4n) is 0.583. The molecular weight excluding hydrogens is 610 g/mol. The van der Waals surface area contributed by atoms with Crippen molar-refractivity contribution in [3.8, 4) is 0 Å². The highest BCUT2D eigenvalue weighted by atomic mass is 127. The fourth-order valence-corrected chi connectivity index (χ4v) is 1.60. The van der Waals surface area contributed by atoms with Crippen LogP contribution in [0, 0.1) is 0 Å². The third-order valence-corrected chi connectivity index (χ3v) is 3.25. The van der Waals surface area contributed by atoms with Gasteiger partial charge in [-0.25, -0.2) is 4.79 Å². The summed E-state index contributed by atoms with van der Waals surface area (Å²) in [5.41, 5.74) is 0. The zero-order valence-electron chi connectivity index (χ0n) is 7.54. The van der Waals surface area contributed by atoms with E-state index in [1.165, 1.54) is 67.8 Å². The molecule has 12 heteroatoms. The number of esters is 1. The molecule has 0 heterocycles. The van der Waals surface area contributed by atoms with Crippen LogP contribution in [0.25, 0.3) is 0 Å². The molecule has 0 aromatic rings. The van der Waals surface area contributed by atoms with E-state index >= 15 is 0 Å². The summed E-state index contributed by atoms with van der Waals surface area (Å²) < 4.78 is 68.8. The van der Waals surface area contributed by atoms with Gasteiger partial charge in [-0.3, -0.25) is 4.55 Å². The van der Waals surface area contributed by atoms with E-state index in [2.05, 4.69) is 4.74 Å². The summed E-state index contributed by atoms with van der Waals surface area (Å²) >= 11 is 4.56. The highest BCUT2D eigenvalue weighted by Crippen LogP contribution is 2.38. The highest BCUT2D eigenvalue weighted by Gasteiger charge is 2.47. The number of ether oxygens (including phenoxy) is 1. The lowest BCUT2D eigenvalue weighted by atomic mass is 10.4. The Morgan fingerprint density at radius 2 is 1.71 bits per heavy atom. The molecule has 0 radical (unpaired) electrons. The molecule has 1 atom stereocenters. The summed E-state index contributed by atoms with van der Waals surface area (Å²) in [6.45, 7) is 0. The van der Waals surface area contributed by atoms with Gasteiger partial charge in [0, 0.05) is 0 Å². The zero-order chi connectivity index (χ0) is 14.1. The number of hydrogen-bond acceptors (Lipinski definition) is 4. The second-order valence-electron chi connectivity index (χ2n) is 2.68. The van der Waals surface area contributed by atoms with E-state index in [1.807, 2.05) is 0 Å². The van der Waals surface area contributed by atoms with Crippen molar-refractivity contribution in [2.75, 3.05) is 5.75 Å².